The van der Waals surface area contributed by atoms with E-state index >= 15 is 0 Å². The molecule has 26 heavy (non-hydrogen) atoms. The zero-order valence-electron chi connectivity index (χ0n) is 14.3. The van der Waals surface area contributed by atoms with Crippen LogP contribution < -0.4 is 10.5 Å². The van der Waals surface area contributed by atoms with Gasteiger partial charge in [-0.1, -0.05) is 12.1 Å². The molecule has 0 radical (unpaired) electrons. The molecule has 0 aromatic heterocycles. The quantitative estimate of drug-likeness (QED) is 0.548. The first-order valence-electron chi connectivity index (χ1n) is 8.27. The number of aliphatic carboxylic acids is 2. The Balaban J connectivity index is 1.75. The number of hydrogen-bond acceptors (Lipinski definition) is 6. The highest BCUT2D eigenvalue weighted by Gasteiger charge is 2.22. The summed E-state index contributed by atoms with van der Waals surface area (Å²) in [6, 6.07) is 5.81. The lowest BCUT2D eigenvalue weighted by Gasteiger charge is -2.33. The summed E-state index contributed by atoms with van der Waals surface area (Å²) >= 11 is 0. The predicted molar refractivity (Wildman–Crippen MR) is 91.9 cm³/mol. The van der Waals surface area contributed by atoms with Crippen molar-refractivity contribution in [3.05, 3.63) is 29.8 Å². The number of carboxylic acids is 2. The average molecular weight is 365 g/mol. The molecule has 0 spiro atoms. The monoisotopic (exact) mass is 365 g/mol. The number of hydrogen-bond donors (Lipinski definition) is 3. The van der Waals surface area contributed by atoms with E-state index in [1.54, 1.807) is 34.1 Å². The van der Waals surface area contributed by atoms with Gasteiger partial charge in [-0.05, 0) is 24.1 Å². The number of carboxylic acid groups (broad SMARTS) is 2. The summed E-state index contributed by atoms with van der Waals surface area (Å²) in [5, 5.41) is 17.6. The lowest BCUT2D eigenvalue weighted by molar-refractivity contribution is -0.140. The molecule has 4 N–H and O–H groups in total. The van der Waals surface area contributed by atoms with E-state index in [-0.39, 0.29) is 25.5 Å². The van der Waals surface area contributed by atoms with E-state index in [0.29, 0.717) is 31.9 Å². The van der Waals surface area contributed by atoms with Crippen LogP contribution in [-0.4, -0.2) is 83.2 Å². The molecule has 1 fully saturated rings. The Morgan fingerprint density at radius 2 is 1.69 bits per heavy atom. The normalized spacial score (nSPS) is 16.1. The van der Waals surface area contributed by atoms with Crippen LogP contribution in [0.1, 0.15) is 5.56 Å². The number of carbonyl (C=O) groups excluding carboxylic acids is 1. The lowest BCUT2D eigenvalue weighted by atomic mass is 10.1. The van der Waals surface area contributed by atoms with Gasteiger partial charge in [0.1, 0.15) is 11.8 Å². The Kier molecular flexibility index (Phi) is 6.93. The number of rotatable bonds is 8. The van der Waals surface area contributed by atoms with Gasteiger partial charge in [0.25, 0.3) is 5.91 Å². The van der Waals surface area contributed by atoms with Gasteiger partial charge in [0, 0.05) is 26.2 Å². The minimum absolute atomic E-state index is 0.0174. The fraction of sp³-hybridized carbons (Fsp3) is 0.471. The molecule has 1 aromatic carbocycles. The van der Waals surface area contributed by atoms with Gasteiger partial charge in [-0.25, -0.2) is 0 Å². The van der Waals surface area contributed by atoms with Crippen molar-refractivity contribution in [3.8, 4) is 5.75 Å². The van der Waals surface area contributed by atoms with Crippen LogP contribution in [0, 0.1) is 0 Å². The molecule has 142 valence electrons. The van der Waals surface area contributed by atoms with Crippen molar-refractivity contribution in [2.45, 2.75) is 12.5 Å². The lowest BCUT2D eigenvalue weighted by Crippen LogP contribution is -2.51. The largest absolute Gasteiger partial charge is 0.484 e. The Labute approximate surface area is 150 Å². The van der Waals surface area contributed by atoms with Crippen molar-refractivity contribution >= 4 is 17.8 Å². The van der Waals surface area contributed by atoms with Gasteiger partial charge in [-0.3, -0.25) is 19.3 Å². The average Bonchev–Trinajstić information content (AvgIpc) is 2.61. The maximum atomic E-state index is 12.2. The molecule has 1 aromatic rings. The maximum absolute atomic E-state index is 12.2. The summed E-state index contributed by atoms with van der Waals surface area (Å²) in [5.41, 5.74) is 6.26. The van der Waals surface area contributed by atoms with E-state index in [1.807, 2.05) is 0 Å². The second-order valence-corrected chi connectivity index (χ2v) is 6.13. The molecule has 1 aliphatic rings. The molecule has 9 heteroatoms. The third-order valence-corrected chi connectivity index (χ3v) is 4.14. The van der Waals surface area contributed by atoms with Crippen molar-refractivity contribution in [2.24, 2.45) is 5.73 Å². The van der Waals surface area contributed by atoms with Gasteiger partial charge >= 0.3 is 11.9 Å². The van der Waals surface area contributed by atoms with Crippen LogP contribution in [0.15, 0.2) is 24.3 Å². The second-order valence-electron chi connectivity index (χ2n) is 6.13. The van der Waals surface area contributed by atoms with Gasteiger partial charge in [-0.15, -0.1) is 0 Å². The minimum atomic E-state index is -1.06. The summed E-state index contributed by atoms with van der Waals surface area (Å²) in [5.74, 6) is -1.58. The van der Waals surface area contributed by atoms with E-state index in [2.05, 4.69) is 0 Å². The zero-order chi connectivity index (χ0) is 19.1. The van der Waals surface area contributed by atoms with Crippen LogP contribution in [0.5, 0.6) is 5.75 Å². The highest BCUT2D eigenvalue weighted by molar-refractivity contribution is 5.78. The summed E-state index contributed by atoms with van der Waals surface area (Å²) in [6.45, 7) is 1.87. The van der Waals surface area contributed by atoms with Gasteiger partial charge in [0.15, 0.2) is 6.61 Å². The first kappa shape index (κ1) is 19.7. The molecule has 0 saturated carbocycles. The van der Waals surface area contributed by atoms with Crippen molar-refractivity contribution < 1.29 is 29.3 Å². The molecule has 0 aliphatic carbocycles. The Hall–Kier alpha value is -2.65. The summed E-state index contributed by atoms with van der Waals surface area (Å²) in [6.07, 6.45) is 0.217. The standard InChI is InChI=1S/C17H23N3O6/c18-14(17(24)25)9-12-1-3-13(4-2-12)26-11-15(21)20-7-5-19(6-8-20)10-16(22)23/h1-4,14H,5-11,18H2,(H,22,23)(H,24,25). The van der Waals surface area contributed by atoms with E-state index in [1.165, 1.54) is 0 Å². The zero-order valence-corrected chi connectivity index (χ0v) is 14.3. The number of benzene rings is 1. The van der Waals surface area contributed by atoms with Crippen molar-refractivity contribution in [1.82, 2.24) is 9.80 Å². The van der Waals surface area contributed by atoms with E-state index in [4.69, 9.17) is 20.7 Å². The van der Waals surface area contributed by atoms with Crippen molar-refractivity contribution in [2.75, 3.05) is 39.3 Å². The Morgan fingerprint density at radius 3 is 2.23 bits per heavy atom. The van der Waals surface area contributed by atoms with E-state index < -0.39 is 18.0 Å². The molecule has 1 amide bonds. The van der Waals surface area contributed by atoms with Crippen LogP contribution in [-0.2, 0) is 20.8 Å². The third-order valence-electron chi connectivity index (χ3n) is 4.14. The molecule has 1 unspecified atom stereocenters. The predicted octanol–water partition coefficient (Wildman–Crippen LogP) is -0.751. The Morgan fingerprint density at radius 1 is 1.08 bits per heavy atom. The number of piperazine rings is 1. The third kappa shape index (κ3) is 6.01. The molecule has 0 bridgehead atoms. The van der Waals surface area contributed by atoms with Crippen LogP contribution in [0.2, 0.25) is 0 Å². The molecular formula is C17H23N3O6. The van der Waals surface area contributed by atoms with Crippen LogP contribution in [0.3, 0.4) is 0 Å². The van der Waals surface area contributed by atoms with Gasteiger partial charge in [0.2, 0.25) is 0 Å². The smallest absolute Gasteiger partial charge is 0.320 e. The van der Waals surface area contributed by atoms with Crippen LogP contribution in [0.4, 0.5) is 0 Å². The first-order valence-corrected chi connectivity index (χ1v) is 8.27. The van der Waals surface area contributed by atoms with Crippen molar-refractivity contribution in [3.63, 3.8) is 0 Å². The minimum Gasteiger partial charge on any atom is -0.484 e. The number of carbonyl (C=O) groups is 3. The van der Waals surface area contributed by atoms with Gasteiger partial charge in [0.05, 0.1) is 6.54 Å². The number of ether oxygens (including phenoxy) is 1. The molecule has 1 heterocycles. The van der Waals surface area contributed by atoms with Gasteiger partial charge < -0.3 is 25.6 Å². The van der Waals surface area contributed by atoms with Gasteiger partial charge in [-0.2, -0.15) is 0 Å². The fourth-order valence-corrected chi connectivity index (χ4v) is 2.65. The molecule has 9 nitrogen and oxygen atoms in total. The number of amides is 1. The SMILES string of the molecule is NC(Cc1ccc(OCC(=O)N2CCN(CC(=O)O)CC2)cc1)C(=O)O. The van der Waals surface area contributed by atoms with Crippen LogP contribution in [0.25, 0.3) is 0 Å². The first-order chi connectivity index (χ1) is 12.3. The highest BCUT2D eigenvalue weighted by Crippen LogP contribution is 2.14. The number of nitrogens with zero attached hydrogens (tertiary/aromatic N) is 2. The molecule has 2 rings (SSSR count). The van der Waals surface area contributed by atoms with Crippen LogP contribution >= 0.6 is 0 Å². The van der Waals surface area contributed by atoms with E-state index in [0.717, 1.165) is 5.56 Å². The molecular weight excluding hydrogens is 342 g/mol. The number of nitrogens with two attached hydrogens (primary N) is 1. The fourth-order valence-electron chi connectivity index (χ4n) is 2.65. The molecule has 1 aliphatic heterocycles. The summed E-state index contributed by atoms with van der Waals surface area (Å²) < 4.78 is 5.47. The summed E-state index contributed by atoms with van der Waals surface area (Å²) in [7, 11) is 0. The molecule has 1 saturated heterocycles. The maximum Gasteiger partial charge on any atom is 0.320 e. The summed E-state index contributed by atoms with van der Waals surface area (Å²) in [4.78, 5) is 37.0. The second kappa shape index (κ2) is 9.16. The topological polar surface area (TPSA) is 133 Å². The highest BCUT2D eigenvalue weighted by atomic mass is 16.5. The molecule has 1 atom stereocenters. The Bertz CT molecular complexity index is 640. The van der Waals surface area contributed by atoms with Crippen molar-refractivity contribution in [1.29, 1.82) is 0 Å². The van der Waals surface area contributed by atoms with E-state index in [9.17, 15) is 14.4 Å².